The smallest absolute Gasteiger partial charge is 0.336 e. The predicted molar refractivity (Wildman–Crippen MR) is 96.5 cm³/mol. The molecule has 1 heterocycles. The van der Waals surface area contributed by atoms with Gasteiger partial charge in [0.1, 0.15) is 5.92 Å². The molecule has 2 atom stereocenters. The molecule has 0 aromatic heterocycles. The molecular formula is C20H25NO4. The number of aryl methyl sites for hydroxylation is 1. The van der Waals surface area contributed by atoms with Crippen LogP contribution in [0.5, 0.6) is 0 Å². The molecule has 0 saturated heterocycles. The van der Waals surface area contributed by atoms with E-state index in [4.69, 9.17) is 9.47 Å². The highest BCUT2D eigenvalue weighted by atomic mass is 16.5. The van der Waals surface area contributed by atoms with Gasteiger partial charge in [-0.1, -0.05) is 29.8 Å². The van der Waals surface area contributed by atoms with E-state index in [0.717, 1.165) is 11.1 Å². The molecule has 1 aromatic carbocycles. The number of aliphatic imine (C=N–C) groups is 1. The normalized spacial score (nSPS) is 20.1. The Bertz CT molecular complexity index is 716. The minimum absolute atomic E-state index is 0.267. The second kappa shape index (κ2) is 8.10. The SMILES string of the molecule is CCOC(=O)C1=C(C)N=C(C)C(C(=O)OCC)C1c1ccc(C)cc1. The highest BCUT2D eigenvalue weighted by Crippen LogP contribution is 2.40. The molecule has 0 saturated carbocycles. The number of allylic oxidation sites excluding steroid dienone is 1. The Morgan fingerprint density at radius 2 is 1.60 bits per heavy atom. The van der Waals surface area contributed by atoms with Crippen LogP contribution in [0.1, 0.15) is 44.7 Å². The monoisotopic (exact) mass is 343 g/mol. The number of benzene rings is 1. The zero-order valence-electron chi connectivity index (χ0n) is 15.5. The van der Waals surface area contributed by atoms with Crippen molar-refractivity contribution in [2.24, 2.45) is 10.9 Å². The van der Waals surface area contributed by atoms with E-state index in [1.165, 1.54) is 0 Å². The Hall–Kier alpha value is -2.43. The summed E-state index contributed by atoms with van der Waals surface area (Å²) in [6.45, 7) is 9.64. The quantitative estimate of drug-likeness (QED) is 0.767. The Morgan fingerprint density at radius 3 is 2.16 bits per heavy atom. The van der Waals surface area contributed by atoms with Crippen molar-refractivity contribution in [3.05, 3.63) is 46.7 Å². The van der Waals surface area contributed by atoms with Crippen LogP contribution in [0, 0.1) is 12.8 Å². The van der Waals surface area contributed by atoms with Crippen molar-refractivity contribution in [1.29, 1.82) is 0 Å². The van der Waals surface area contributed by atoms with E-state index < -0.39 is 17.8 Å². The lowest BCUT2D eigenvalue weighted by molar-refractivity contribution is -0.146. The third-order valence-corrected chi connectivity index (χ3v) is 4.30. The lowest BCUT2D eigenvalue weighted by Gasteiger charge is -2.31. The molecule has 134 valence electrons. The predicted octanol–water partition coefficient (Wildman–Crippen LogP) is 3.57. The number of ether oxygens (including phenoxy) is 2. The van der Waals surface area contributed by atoms with Crippen molar-refractivity contribution in [2.45, 2.75) is 40.5 Å². The fourth-order valence-electron chi connectivity index (χ4n) is 3.18. The first kappa shape index (κ1) is 18.9. The average Bonchev–Trinajstić information content (AvgIpc) is 2.55. The van der Waals surface area contributed by atoms with Gasteiger partial charge in [0.2, 0.25) is 0 Å². The van der Waals surface area contributed by atoms with Crippen LogP contribution in [0.4, 0.5) is 0 Å². The summed E-state index contributed by atoms with van der Waals surface area (Å²) in [5.74, 6) is -1.90. The first-order valence-corrected chi connectivity index (χ1v) is 8.56. The summed E-state index contributed by atoms with van der Waals surface area (Å²) in [5, 5.41) is 0. The fourth-order valence-corrected chi connectivity index (χ4v) is 3.18. The van der Waals surface area contributed by atoms with E-state index in [-0.39, 0.29) is 19.2 Å². The number of hydrogen-bond acceptors (Lipinski definition) is 5. The van der Waals surface area contributed by atoms with Gasteiger partial charge in [0.05, 0.1) is 18.8 Å². The van der Waals surface area contributed by atoms with Crippen LogP contribution in [0.3, 0.4) is 0 Å². The van der Waals surface area contributed by atoms with Crippen molar-refractivity contribution in [2.75, 3.05) is 13.2 Å². The summed E-state index contributed by atoms with van der Waals surface area (Å²) in [7, 11) is 0. The molecule has 1 aliphatic heterocycles. The molecule has 0 amide bonds. The van der Waals surface area contributed by atoms with Crippen molar-refractivity contribution in [3.63, 3.8) is 0 Å². The van der Waals surface area contributed by atoms with Gasteiger partial charge in [-0.3, -0.25) is 9.79 Å². The zero-order valence-corrected chi connectivity index (χ0v) is 15.5. The standard InChI is InChI=1S/C20H25NO4/c1-6-24-19(22)16-13(4)21-14(5)17(20(23)25-7-2)18(16)15-10-8-12(3)9-11-15/h8-11,16,18H,6-7H2,1-5H3. The van der Waals surface area contributed by atoms with Gasteiger partial charge in [0.25, 0.3) is 0 Å². The van der Waals surface area contributed by atoms with Gasteiger partial charge in [-0.15, -0.1) is 0 Å². The van der Waals surface area contributed by atoms with Gasteiger partial charge in [-0.2, -0.15) is 0 Å². The second-order valence-electron chi connectivity index (χ2n) is 6.09. The van der Waals surface area contributed by atoms with Crippen LogP contribution in [0.2, 0.25) is 0 Å². The zero-order chi connectivity index (χ0) is 18.6. The van der Waals surface area contributed by atoms with Gasteiger partial charge >= 0.3 is 11.9 Å². The summed E-state index contributed by atoms with van der Waals surface area (Å²) in [6.07, 6.45) is 0. The molecule has 1 aromatic rings. The van der Waals surface area contributed by atoms with Gasteiger partial charge in [0, 0.05) is 17.3 Å². The highest BCUT2D eigenvalue weighted by molar-refractivity contribution is 6.07. The van der Waals surface area contributed by atoms with E-state index >= 15 is 0 Å². The van der Waals surface area contributed by atoms with Crippen LogP contribution in [0.15, 0.2) is 40.5 Å². The second-order valence-corrected chi connectivity index (χ2v) is 6.09. The van der Waals surface area contributed by atoms with Crippen molar-refractivity contribution in [3.8, 4) is 0 Å². The first-order chi connectivity index (χ1) is 11.9. The van der Waals surface area contributed by atoms with Crippen LogP contribution < -0.4 is 0 Å². The van der Waals surface area contributed by atoms with E-state index in [9.17, 15) is 9.59 Å². The Kier molecular flexibility index (Phi) is 6.12. The molecular weight excluding hydrogens is 318 g/mol. The van der Waals surface area contributed by atoms with Crippen molar-refractivity contribution < 1.29 is 19.1 Å². The van der Waals surface area contributed by atoms with Crippen LogP contribution in [-0.2, 0) is 19.1 Å². The lowest BCUT2D eigenvalue weighted by Crippen LogP contribution is -2.36. The number of nitrogens with zero attached hydrogens (tertiary/aromatic N) is 1. The molecule has 0 radical (unpaired) electrons. The lowest BCUT2D eigenvalue weighted by atomic mass is 9.75. The maximum Gasteiger partial charge on any atom is 0.336 e. The minimum atomic E-state index is -0.634. The number of carbonyl (C=O) groups excluding carboxylic acids is 2. The summed E-state index contributed by atoms with van der Waals surface area (Å²) >= 11 is 0. The van der Waals surface area contributed by atoms with Crippen LogP contribution >= 0.6 is 0 Å². The molecule has 5 heteroatoms. The van der Waals surface area contributed by atoms with Gasteiger partial charge in [-0.25, -0.2) is 4.79 Å². The van der Waals surface area contributed by atoms with Gasteiger partial charge < -0.3 is 9.47 Å². The summed E-state index contributed by atoms with van der Waals surface area (Å²) in [5.41, 5.74) is 3.64. The number of rotatable bonds is 5. The topological polar surface area (TPSA) is 65.0 Å². The maximum absolute atomic E-state index is 12.6. The first-order valence-electron chi connectivity index (χ1n) is 8.56. The summed E-state index contributed by atoms with van der Waals surface area (Å²) in [4.78, 5) is 29.6. The number of hydrogen-bond donors (Lipinski definition) is 0. The Balaban J connectivity index is 2.60. The van der Waals surface area contributed by atoms with E-state index in [1.54, 1.807) is 27.7 Å². The van der Waals surface area contributed by atoms with Gasteiger partial charge in [-0.05, 0) is 40.2 Å². The van der Waals surface area contributed by atoms with Crippen LogP contribution in [0.25, 0.3) is 0 Å². The third kappa shape index (κ3) is 3.98. The van der Waals surface area contributed by atoms with E-state index in [1.807, 2.05) is 31.2 Å². The average molecular weight is 343 g/mol. The van der Waals surface area contributed by atoms with E-state index in [0.29, 0.717) is 17.0 Å². The number of esters is 2. The van der Waals surface area contributed by atoms with Gasteiger partial charge in [0.15, 0.2) is 0 Å². The molecule has 0 N–H and O–H groups in total. The molecule has 25 heavy (non-hydrogen) atoms. The molecule has 0 bridgehead atoms. The molecule has 0 fully saturated rings. The highest BCUT2D eigenvalue weighted by Gasteiger charge is 2.42. The van der Waals surface area contributed by atoms with Crippen molar-refractivity contribution >= 4 is 17.7 Å². The molecule has 1 aliphatic rings. The molecule has 0 aliphatic carbocycles. The molecule has 0 spiro atoms. The molecule has 2 unspecified atom stereocenters. The largest absolute Gasteiger partial charge is 0.465 e. The minimum Gasteiger partial charge on any atom is -0.465 e. The van der Waals surface area contributed by atoms with E-state index in [2.05, 4.69) is 4.99 Å². The molecule has 2 rings (SSSR count). The Labute approximate surface area is 148 Å². The summed E-state index contributed by atoms with van der Waals surface area (Å²) in [6, 6.07) is 7.82. The Morgan fingerprint density at radius 1 is 1.00 bits per heavy atom. The molecule has 5 nitrogen and oxygen atoms in total. The van der Waals surface area contributed by atoms with Crippen molar-refractivity contribution in [1.82, 2.24) is 0 Å². The third-order valence-electron chi connectivity index (χ3n) is 4.30. The fraction of sp³-hybridized carbons (Fsp3) is 0.450. The van der Waals surface area contributed by atoms with Crippen LogP contribution in [-0.4, -0.2) is 30.9 Å². The number of carbonyl (C=O) groups is 2. The maximum atomic E-state index is 12.6. The summed E-state index contributed by atoms with van der Waals surface area (Å²) < 4.78 is 10.5.